The van der Waals surface area contributed by atoms with E-state index in [1.54, 1.807) is 7.05 Å². The van der Waals surface area contributed by atoms with Gasteiger partial charge in [-0.1, -0.05) is 28.1 Å². The Labute approximate surface area is 129 Å². The molecule has 0 unspecified atom stereocenters. The normalized spacial score (nSPS) is 16.6. The summed E-state index contributed by atoms with van der Waals surface area (Å²) in [6.45, 7) is 2.66. The Kier molecular flexibility index (Phi) is 5.46. The smallest absolute Gasteiger partial charge is 0.224 e. The molecule has 0 radical (unpaired) electrons. The Hall–Kier alpha value is -0.590. The Morgan fingerprint density at radius 1 is 1.15 bits per heavy atom. The molecule has 0 N–H and O–H groups in total. The van der Waals surface area contributed by atoms with E-state index in [0.29, 0.717) is 6.54 Å². The highest BCUT2D eigenvalue weighted by atomic mass is 79.9. The number of alkyl halides is 1. The van der Waals surface area contributed by atoms with Gasteiger partial charge in [0.2, 0.25) is 10.0 Å². The first-order valence-corrected chi connectivity index (χ1v) is 9.60. The second-order valence-corrected chi connectivity index (χ2v) is 8.57. The molecule has 1 heterocycles. The van der Waals surface area contributed by atoms with E-state index in [9.17, 15) is 8.42 Å². The fourth-order valence-corrected chi connectivity index (χ4v) is 3.96. The fourth-order valence-electron chi connectivity index (χ4n) is 2.40. The molecular weight excluding hydrogens is 340 g/mol. The highest BCUT2D eigenvalue weighted by Gasteiger charge is 2.16. The van der Waals surface area contributed by atoms with Crippen LogP contribution in [0.25, 0.3) is 0 Å². The summed E-state index contributed by atoms with van der Waals surface area (Å²) in [5.74, 6) is 0. The summed E-state index contributed by atoms with van der Waals surface area (Å²) >= 11 is 3.01. The largest absolute Gasteiger partial charge is 0.372 e. The number of halogens is 1. The Morgan fingerprint density at radius 2 is 1.75 bits per heavy atom. The molecule has 0 aliphatic carbocycles. The molecule has 1 saturated heterocycles. The third-order valence-corrected chi connectivity index (χ3v) is 6.77. The molecule has 0 amide bonds. The molecule has 20 heavy (non-hydrogen) atoms. The highest BCUT2D eigenvalue weighted by molar-refractivity contribution is 9.10. The minimum Gasteiger partial charge on any atom is -0.372 e. The van der Waals surface area contributed by atoms with E-state index in [4.69, 9.17) is 0 Å². The van der Waals surface area contributed by atoms with Crippen LogP contribution >= 0.6 is 15.9 Å². The van der Waals surface area contributed by atoms with Gasteiger partial charge < -0.3 is 4.90 Å². The van der Waals surface area contributed by atoms with Crippen molar-refractivity contribution in [3.8, 4) is 0 Å². The molecule has 1 aromatic carbocycles. The van der Waals surface area contributed by atoms with Crippen molar-refractivity contribution in [1.29, 1.82) is 0 Å². The van der Waals surface area contributed by atoms with Crippen LogP contribution in [0.15, 0.2) is 24.3 Å². The van der Waals surface area contributed by atoms with E-state index >= 15 is 0 Å². The highest BCUT2D eigenvalue weighted by Crippen LogP contribution is 2.21. The lowest BCUT2D eigenvalue weighted by molar-refractivity contribution is 0.471. The van der Waals surface area contributed by atoms with Crippen LogP contribution in [0.3, 0.4) is 0 Å². The van der Waals surface area contributed by atoms with E-state index in [1.807, 2.05) is 12.1 Å². The zero-order chi connectivity index (χ0) is 14.6. The zero-order valence-corrected chi connectivity index (χ0v) is 14.2. The summed E-state index contributed by atoms with van der Waals surface area (Å²) in [5.41, 5.74) is 2.25. The molecule has 0 bridgehead atoms. The number of sulfonamides is 1. The molecule has 2 rings (SSSR count). The van der Waals surface area contributed by atoms with Crippen LogP contribution in [0, 0.1) is 0 Å². The van der Waals surface area contributed by atoms with Gasteiger partial charge in [0.05, 0.1) is 0 Å². The van der Waals surface area contributed by atoms with E-state index in [-0.39, 0.29) is 4.66 Å². The number of rotatable bonds is 5. The van der Waals surface area contributed by atoms with Crippen LogP contribution in [0.1, 0.15) is 24.8 Å². The maximum atomic E-state index is 11.7. The third kappa shape index (κ3) is 3.96. The molecule has 4 nitrogen and oxygen atoms in total. The Morgan fingerprint density at radius 3 is 2.30 bits per heavy atom. The summed E-state index contributed by atoms with van der Waals surface area (Å²) in [7, 11) is -1.58. The van der Waals surface area contributed by atoms with Crippen LogP contribution in [0.4, 0.5) is 5.69 Å². The minimum atomic E-state index is -3.19. The predicted molar refractivity (Wildman–Crippen MR) is 86.7 cm³/mol. The van der Waals surface area contributed by atoms with Crippen molar-refractivity contribution in [2.75, 3.05) is 29.7 Å². The zero-order valence-electron chi connectivity index (χ0n) is 11.8. The number of benzene rings is 1. The molecule has 1 aromatic rings. The van der Waals surface area contributed by atoms with Crippen molar-refractivity contribution >= 4 is 31.6 Å². The van der Waals surface area contributed by atoms with Gasteiger partial charge >= 0.3 is 0 Å². The van der Waals surface area contributed by atoms with Gasteiger partial charge in [-0.05, 0) is 37.0 Å². The molecule has 0 saturated carbocycles. The molecule has 1 aliphatic rings. The molecule has 1 aliphatic heterocycles. The van der Waals surface area contributed by atoms with Gasteiger partial charge in [-0.3, -0.25) is 0 Å². The van der Waals surface area contributed by atoms with Crippen molar-refractivity contribution in [1.82, 2.24) is 4.31 Å². The standard InChI is InChI=1S/C14H21BrN2O2S/c1-16(20(18,19)12-15)11-13-5-7-14(8-6-13)17-9-3-2-4-10-17/h5-8H,2-4,9-12H2,1H3. The molecule has 0 aromatic heterocycles. The third-order valence-electron chi connectivity index (χ3n) is 3.68. The predicted octanol–water partition coefficient (Wildman–Crippen LogP) is 2.79. The van der Waals surface area contributed by atoms with Crippen molar-refractivity contribution in [3.05, 3.63) is 29.8 Å². The van der Waals surface area contributed by atoms with Crippen LogP contribution in [-0.4, -0.2) is 37.5 Å². The molecule has 1 fully saturated rings. The van der Waals surface area contributed by atoms with Crippen LogP contribution in [0.2, 0.25) is 0 Å². The van der Waals surface area contributed by atoms with Gasteiger partial charge in [0.25, 0.3) is 0 Å². The SMILES string of the molecule is CN(Cc1ccc(N2CCCCC2)cc1)S(=O)(=O)CBr. The van der Waals surface area contributed by atoms with Gasteiger partial charge in [0, 0.05) is 32.4 Å². The van der Waals surface area contributed by atoms with Gasteiger partial charge in [0.1, 0.15) is 4.66 Å². The molecule has 112 valence electrons. The van der Waals surface area contributed by atoms with Crippen molar-refractivity contribution in [3.63, 3.8) is 0 Å². The number of hydrogen-bond acceptors (Lipinski definition) is 3. The maximum absolute atomic E-state index is 11.7. The van der Waals surface area contributed by atoms with E-state index in [1.165, 1.54) is 29.3 Å². The number of anilines is 1. The summed E-state index contributed by atoms with van der Waals surface area (Å²) in [4.78, 5) is 2.40. The van der Waals surface area contributed by atoms with Crippen molar-refractivity contribution < 1.29 is 8.42 Å². The molecule has 6 heteroatoms. The van der Waals surface area contributed by atoms with Crippen LogP contribution in [0.5, 0.6) is 0 Å². The van der Waals surface area contributed by atoms with Crippen molar-refractivity contribution in [2.45, 2.75) is 25.8 Å². The van der Waals surface area contributed by atoms with Crippen LogP contribution < -0.4 is 4.90 Å². The summed E-state index contributed by atoms with van der Waals surface area (Å²) in [6.07, 6.45) is 3.84. The number of piperidine rings is 1. The van der Waals surface area contributed by atoms with Gasteiger partial charge in [0.15, 0.2) is 0 Å². The first-order chi connectivity index (χ1) is 9.53. The lowest BCUT2D eigenvalue weighted by atomic mass is 10.1. The summed E-state index contributed by atoms with van der Waals surface area (Å²) < 4.78 is 24.7. The monoisotopic (exact) mass is 360 g/mol. The average Bonchev–Trinajstić information content (AvgIpc) is 2.49. The van der Waals surface area contributed by atoms with Gasteiger partial charge in [-0.25, -0.2) is 8.42 Å². The van der Waals surface area contributed by atoms with E-state index in [0.717, 1.165) is 18.7 Å². The van der Waals surface area contributed by atoms with Crippen molar-refractivity contribution in [2.24, 2.45) is 0 Å². The Balaban J connectivity index is 2.01. The lowest BCUT2D eigenvalue weighted by Gasteiger charge is -2.29. The minimum absolute atomic E-state index is 0.0393. The molecule has 0 atom stereocenters. The maximum Gasteiger partial charge on any atom is 0.224 e. The fraction of sp³-hybridized carbons (Fsp3) is 0.571. The second-order valence-electron chi connectivity index (χ2n) is 5.19. The first-order valence-electron chi connectivity index (χ1n) is 6.87. The Bertz CT molecular complexity index is 525. The van der Waals surface area contributed by atoms with E-state index < -0.39 is 10.0 Å². The van der Waals surface area contributed by atoms with Gasteiger partial charge in [-0.2, -0.15) is 4.31 Å². The second kappa shape index (κ2) is 6.91. The average molecular weight is 361 g/mol. The van der Waals surface area contributed by atoms with E-state index in [2.05, 4.69) is 33.0 Å². The topological polar surface area (TPSA) is 40.6 Å². The summed E-state index contributed by atoms with van der Waals surface area (Å²) in [6, 6.07) is 8.22. The number of nitrogens with zero attached hydrogens (tertiary/aromatic N) is 2. The van der Waals surface area contributed by atoms with Crippen LogP contribution in [-0.2, 0) is 16.6 Å². The molecular formula is C14H21BrN2O2S. The summed E-state index contributed by atoms with van der Waals surface area (Å²) in [5, 5.41) is 0. The van der Waals surface area contributed by atoms with Gasteiger partial charge in [-0.15, -0.1) is 0 Å². The first kappa shape index (κ1) is 15.8. The quantitative estimate of drug-likeness (QED) is 0.758. The number of hydrogen-bond donors (Lipinski definition) is 0. The lowest BCUT2D eigenvalue weighted by Crippen LogP contribution is -2.29. The molecule has 0 spiro atoms.